The van der Waals surface area contributed by atoms with Gasteiger partial charge in [0.1, 0.15) is 5.69 Å². The number of fused-ring (bicyclic) bond motifs is 1. The summed E-state index contributed by atoms with van der Waals surface area (Å²) in [7, 11) is 1.83. The molecule has 0 spiro atoms. The highest BCUT2D eigenvalue weighted by molar-refractivity contribution is 7.10. The fourth-order valence-electron chi connectivity index (χ4n) is 5.38. The van der Waals surface area contributed by atoms with Crippen LogP contribution < -0.4 is 5.32 Å². The molecule has 2 fully saturated rings. The monoisotopic (exact) mass is 480 g/mol. The first-order valence-electron chi connectivity index (χ1n) is 12.3. The Morgan fingerprint density at radius 2 is 1.79 bits per heavy atom. The molecule has 0 bridgehead atoms. The highest BCUT2D eigenvalue weighted by atomic mass is 32.1. The molecule has 3 aromatic rings. The number of pyridine rings is 1. The molecule has 2 amide bonds. The number of carbonyl (C=O) groups excluding carboxylic acids is 2. The van der Waals surface area contributed by atoms with Crippen LogP contribution in [0.4, 0.5) is 5.82 Å². The minimum Gasteiger partial charge on any atom is -0.342 e. The lowest BCUT2D eigenvalue weighted by atomic mass is 9.87. The average Bonchev–Trinajstić information content (AvgIpc) is 3.45. The fraction of sp³-hybridized carbons (Fsp3) is 0.560. The van der Waals surface area contributed by atoms with Crippen molar-refractivity contribution in [1.82, 2.24) is 24.6 Å². The highest BCUT2D eigenvalue weighted by Gasteiger charge is 2.30. The van der Waals surface area contributed by atoms with E-state index >= 15 is 0 Å². The predicted octanol–water partition coefficient (Wildman–Crippen LogP) is 4.58. The zero-order chi connectivity index (χ0) is 23.8. The molecule has 1 N–H and O–H groups in total. The van der Waals surface area contributed by atoms with E-state index in [9.17, 15) is 9.59 Å². The highest BCUT2D eigenvalue weighted by Crippen LogP contribution is 2.33. The van der Waals surface area contributed by atoms with Crippen LogP contribution in [0, 0.1) is 19.8 Å². The van der Waals surface area contributed by atoms with Crippen LogP contribution >= 0.6 is 11.3 Å². The molecule has 8 nitrogen and oxygen atoms in total. The molecule has 1 aliphatic heterocycles. The zero-order valence-electron chi connectivity index (χ0n) is 20.1. The minimum atomic E-state index is -0.257. The van der Waals surface area contributed by atoms with Gasteiger partial charge in [0.15, 0.2) is 11.5 Å². The molecule has 34 heavy (non-hydrogen) atoms. The topological polar surface area (TPSA) is 93.0 Å². The average molecular weight is 481 g/mol. The number of thiazole rings is 1. The van der Waals surface area contributed by atoms with Crippen LogP contribution in [0.1, 0.15) is 77.6 Å². The van der Waals surface area contributed by atoms with Crippen molar-refractivity contribution in [3.05, 3.63) is 33.4 Å². The summed E-state index contributed by atoms with van der Waals surface area (Å²) >= 11 is 1.53. The van der Waals surface area contributed by atoms with Crippen LogP contribution in [0.15, 0.2) is 11.4 Å². The second kappa shape index (κ2) is 9.44. The van der Waals surface area contributed by atoms with Crippen LogP contribution in [0.25, 0.3) is 11.0 Å². The number of amides is 2. The molecule has 0 aromatic carbocycles. The van der Waals surface area contributed by atoms with E-state index in [4.69, 9.17) is 0 Å². The van der Waals surface area contributed by atoms with E-state index in [-0.39, 0.29) is 11.8 Å². The quantitative estimate of drug-likeness (QED) is 0.590. The van der Waals surface area contributed by atoms with Crippen molar-refractivity contribution in [2.75, 3.05) is 18.4 Å². The number of aryl methyl sites for hydroxylation is 3. The second-order valence-electron chi connectivity index (χ2n) is 9.71. The van der Waals surface area contributed by atoms with Crippen molar-refractivity contribution in [1.29, 1.82) is 0 Å². The van der Waals surface area contributed by atoms with Gasteiger partial charge in [0, 0.05) is 43.0 Å². The van der Waals surface area contributed by atoms with E-state index < -0.39 is 0 Å². The summed E-state index contributed by atoms with van der Waals surface area (Å²) in [5, 5.41) is 11.1. The number of nitrogens with one attached hydrogen (secondary N) is 1. The van der Waals surface area contributed by atoms with E-state index in [0.29, 0.717) is 23.3 Å². The summed E-state index contributed by atoms with van der Waals surface area (Å²) in [6.45, 7) is 5.52. The number of rotatable bonds is 4. The fourth-order valence-corrected chi connectivity index (χ4v) is 6.36. The minimum absolute atomic E-state index is 0.228. The predicted molar refractivity (Wildman–Crippen MR) is 133 cm³/mol. The Bertz CT molecular complexity index is 1220. The Hall–Kier alpha value is -2.81. The van der Waals surface area contributed by atoms with Gasteiger partial charge >= 0.3 is 0 Å². The van der Waals surface area contributed by atoms with Gasteiger partial charge in [0.05, 0.1) is 10.4 Å². The third kappa shape index (κ3) is 4.45. The number of likely N-dealkylation sites (tertiary alicyclic amines) is 1. The third-order valence-electron chi connectivity index (χ3n) is 7.22. The normalized spacial score (nSPS) is 17.9. The number of aromatic nitrogens is 4. The summed E-state index contributed by atoms with van der Waals surface area (Å²) in [5.74, 6) is 1.13. The lowest BCUT2D eigenvalue weighted by Crippen LogP contribution is -2.41. The van der Waals surface area contributed by atoms with Crippen molar-refractivity contribution < 1.29 is 9.59 Å². The van der Waals surface area contributed by atoms with E-state index in [0.717, 1.165) is 66.1 Å². The maximum absolute atomic E-state index is 13.0. The Labute approximate surface area is 203 Å². The van der Waals surface area contributed by atoms with E-state index in [1.807, 2.05) is 32.3 Å². The molecule has 180 valence electrons. The Morgan fingerprint density at radius 1 is 1.06 bits per heavy atom. The SMILES string of the molecule is Cc1cc(C)c2c(NC(=O)c3csc(C4CCN(C(=O)C5CCCCC5)CC4)n3)nn(C)c2n1. The second-order valence-corrected chi connectivity index (χ2v) is 10.6. The number of piperidine rings is 1. The molecule has 9 heteroatoms. The lowest BCUT2D eigenvalue weighted by molar-refractivity contribution is -0.137. The van der Waals surface area contributed by atoms with Crippen LogP contribution in [0.5, 0.6) is 0 Å². The van der Waals surface area contributed by atoms with Crippen molar-refractivity contribution in [2.24, 2.45) is 13.0 Å². The van der Waals surface area contributed by atoms with Crippen LogP contribution in [0.2, 0.25) is 0 Å². The largest absolute Gasteiger partial charge is 0.342 e. The van der Waals surface area contributed by atoms with Crippen LogP contribution in [-0.4, -0.2) is 49.6 Å². The molecule has 2 aliphatic rings. The molecule has 1 saturated carbocycles. The molecular formula is C25H32N6O2S. The van der Waals surface area contributed by atoms with Gasteiger partial charge in [-0.15, -0.1) is 11.3 Å². The molecule has 5 rings (SSSR count). The Morgan fingerprint density at radius 3 is 2.53 bits per heavy atom. The van der Waals surface area contributed by atoms with Gasteiger partial charge in [0.2, 0.25) is 5.91 Å². The first-order chi connectivity index (χ1) is 16.4. The van der Waals surface area contributed by atoms with Gasteiger partial charge < -0.3 is 10.2 Å². The maximum atomic E-state index is 13.0. The molecule has 0 atom stereocenters. The first-order valence-corrected chi connectivity index (χ1v) is 13.1. The third-order valence-corrected chi connectivity index (χ3v) is 8.22. The number of anilines is 1. The molecule has 4 heterocycles. The number of carbonyl (C=O) groups is 2. The molecule has 0 radical (unpaired) electrons. The first kappa shape index (κ1) is 23.0. The van der Waals surface area contributed by atoms with Gasteiger partial charge in [0.25, 0.3) is 5.91 Å². The van der Waals surface area contributed by atoms with Crippen LogP contribution in [0.3, 0.4) is 0 Å². The number of nitrogens with zero attached hydrogens (tertiary/aromatic N) is 5. The molecule has 1 aliphatic carbocycles. The lowest BCUT2D eigenvalue weighted by Gasteiger charge is -2.34. The molecule has 3 aromatic heterocycles. The van der Waals surface area contributed by atoms with Gasteiger partial charge in [-0.05, 0) is 51.2 Å². The molecule has 0 unspecified atom stereocenters. The number of hydrogen-bond acceptors (Lipinski definition) is 6. The summed E-state index contributed by atoms with van der Waals surface area (Å²) in [6.07, 6.45) is 7.53. The summed E-state index contributed by atoms with van der Waals surface area (Å²) in [5.41, 5.74) is 3.11. The summed E-state index contributed by atoms with van der Waals surface area (Å²) in [6, 6.07) is 1.99. The van der Waals surface area contributed by atoms with E-state index in [1.54, 1.807) is 4.68 Å². The number of hydrogen-bond donors (Lipinski definition) is 1. The van der Waals surface area contributed by atoms with Gasteiger partial charge in [-0.25, -0.2) is 14.6 Å². The Kier molecular flexibility index (Phi) is 6.38. The van der Waals surface area contributed by atoms with Crippen molar-refractivity contribution >= 4 is 40.0 Å². The van der Waals surface area contributed by atoms with Crippen LogP contribution in [-0.2, 0) is 11.8 Å². The smallest absolute Gasteiger partial charge is 0.276 e. The van der Waals surface area contributed by atoms with Gasteiger partial charge in [-0.3, -0.25) is 9.59 Å². The van der Waals surface area contributed by atoms with Crippen molar-refractivity contribution in [2.45, 2.75) is 64.7 Å². The Balaban J connectivity index is 1.23. The summed E-state index contributed by atoms with van der Waals surface area (Å²) < 4.78 is 1.69. The maximum Gasteiger partial charge on any atom is 0.276 e. The molecule has 1 saturated heterocycles. The standard InChI is InChI=1S/C25H32N6O2S/c1-15-13-16(2)26-22-20(15)21(29-30(22)3)28-23(32)19-14-34-24(27-19)17-9-11-31(12-10-17)25(33)18-7-5-4-6-8-18/h13-14,17-18H,4-12H2,1-3H3,(H,28,29,32). The van der Waals surface area contributed by atoms with Crippen molar-refractivity contribution in [3.63, 3.8) is 0 Å². The van der Waals surface area contributed by atoms with E-state index in [1.165, 1.54) is 30.6 Å². The van der Waals surface area contributed by atoms with Gasteiger partial charge in [-0.2, -0.15) is 5.10 Å². The zero-order valence-corrected chi connectivity index (χ0v) is 21.0. The summed E-state index contributed by atoms with van der Waals surface area (Å²) in [4.78, 5) is 37.1. The van der Waals surface area contributed by atoms with Gasteiger partial charge in [-0.1, -0.05) is 19.3 Å². The van der Waals surface area contributed by atoms with Crippen molar-refractivity contribution in [3.8, 4) is 0 Å². The van der Waals surface area contributed by atoms with E-state index in [2.05, 4.69) is 25.3 Å². The molecular weight excluding hydrogens is 448 g/mol.